The molecule has 0 fully saturated rings. The summed E-state index contributed by atoms with van der Waals surface area (Å²) in [6, 6.07) is 19.8. The lowest BCUT2D eigenvalue weighted by atomic mass is 10.0. The number of para-hydroxylation sites is 2. The third-order valence-electron chi connectivity index (χ3n) is 5.58. The van der Waals surface area contributed by atoms with E-state index in [1.807, 2.05) is 62.4 Å². The molecular formula is C27H24N2O4. The Balaban J connectivity index is 1.61. The van der Waals surface area contributed by atoms with Crippen LogP contribution in [0.25, 0.3) is 22.3 Å². The second-order valence-corrected chi connectivity index (χ2v) is 7.93. The number of aryl methyl sites for hydroxylation is 2. The molecule has 4 aromatic rings. The Morgan fingerprint density at radius 1 is 0.848 bits per heavy atom. The summed E-state index contributed by atoms with van der Waals surface area (Å²) in [6.07, 6.45) is 0. The highest BCUT2D eigenvalue weighted by Gasteiger charge is 2.19. The number of fused-ring (bicyclic) bond motifs is 1. The van der Waals surface area contributed by atoms with Gasteiger partial charge < -0.3 is 15.1 Å². The summed E-state index contributed by atoms with van der Waals surface area (Å²) in [5.41, 5.74) is 4.02. The van der Waals surface area contributed by atoms with Crippen LogP contribution < -0.4 is 16.1 Å². The molecule has 0 spiro atoms. The number of amides is 2. The van der Waals surface area contributed by atoms with Crippen LogP contribution in [0.4, 0.5) is 5.69 Å². The zero-order chi connectivity index (χ0) is 23.5. The Morgan fingerprint density at radius 2 is 1.52 bits per heavy atom. The largest absolute Gasteiger partial charge is 0.455 e. The minimum atomic E-state index is -0.497. The Bertz CT molecular complexity index is 1400. The van der Waals surface area contributed by atoms with Gasteiger partial charge in [-0.05, 0) is 44.0 Å². The van der Waals surface area contributed by atoms with E-state index in [4.69, 9.17) is 4.42 Å². The summed E-state index contributed by atoms with van der Waals surface area (Å²) >= 11 is 0. The van der Waals surface area contributed by atoms with Gasteiger partial charge in [0.05, 0.1) is 17.5 Å². The van der Waals surface area contributed by atoms with E-state index in [1.54, 1.807) is 25.1 Å². The van der Waals surface area contributed by atoms with Gasteiger partial charge >= 0.3 is 0 Å². The summed E-state index contributed by atoms with van der Waals surface area (Å²) in [5, 5.41) is 5.79. The molecule has 0 bridgehead atoms. The zero-order valence-corrected chi connectivity index (χ0v) is 18.7. The molecule has 0 aliphatic rings. The topological polar surface area (TPSA) is 88.4 Å². The van der Waals surface area contributed by atoms with Gasteiger partial charge in [-0.25, -0.2) is 0 Å². The Labute approximate surface area is 191 Å². The maximum Gasteiger partial charge on any atom is 0.255 e. The predicted molar refractivity (Wildman–Crippen MR) is 130 cm³/mol. The van der Waals surface area contributed by atoms with Crippen molar-refractivity contribution in [3.8, 4) is 11.3 Å². The molecule has 0 atom stereocenters. The fraction of sp³-hybridized carbons (Fsp3) is 0.148. The zero-order valence-electron chi connectivity index (χ0n) is 18.7. The lowest BCUT2D eigenvalue weighted by Crippen LogP contribution is -2.33. The van der Waals surface area contributed by atoms with E-state index in [2.05, 4.69) is 10.6 Å². The maximum absolute atomic E-state index is 13.0. The third kappa shape index (κ3) is 4.41. The number of carbonyl (C=O) groups is 2. The predicted octanol–water partition coefficient (Wildman–Crippen LogP) is 4.75. The molecule has 6 nitrogen and oxygen atoms in total. The number of carbonyl (C=O) groups excluding carboxylic acids is 2. The van der Waals surface area contributed by atoms with Crippen LogP contribution >= 0.6 is 0 Å². The molecule has 0 aliphatic heterocycles. The van der Waals surface area contributed by atoms with E-state index >= 15 is 0 Å². The Morgan fingerprint density at radius 3 is 2.21 bits per heavy atom. The van der Waals surface area contributed by atoms with Crippen molar-refractivity contribution in [2.45, 2.75) is 20.8 Å². The molecule has 1 heterocycles. The summed E-state index contributed by atoms with van der Waals surface area (Å²) < 4.78 is 6.08. The molecule has 2 N–H and O–H groups in total. The van der Waals surface area contributed by atoms with E-state index in [1.165, 1.54) is 0 Å². The molecular weight excluding hydrogens is 416 g/mol. The molecule has 33 heavy (non-hydrogen) atoms. The summed E-state index contributed by atoms with van der Waals surface area (Å²) in [5.74, 6) is -0.423. The van der Waals surface area contributed by atoms with Crippen molar-refractivity contribution < 1.29 is 14.0 Å². The molecule has 166 valence electrons. The minimum absolute atomic E-state index is 0.194. The highest BCUT2D eigenvalue weighted by molar-refractivity contribution is 6.06. The highest BCUT2D eigenvalue weighted by Crippen LogP contribution is 2.27. The van der Waals surface area contributed by atoms with Gasteiger partial charge in [-0.2, -0.15) is 0 Å². The molecule has 3 aromatic carbocycles. The smallest absolute Gasteiger partial charge is 0.255 e. The molecule has 0 unspecified atom stereocenters. The second-order valence-electron chi connectivity index (χ2n) is 7.93. The van der Waals surface area contributed by atoms with Crippen molar-refractivity contribution in [2.75, 3.05) is 11.9 Å². The van der Waals surface area contributed by atoms with Crippen LogP contribution in [0.1, 0.15) is 27.0 Å². The fourth-order valence-electron chi connectivity index (χ4n) is 3.80. The lowest BCUT2D eigenvalue weighted by Gasteiger charge is -2.13. The van der Waals surface area contributed by atoms with Crippen LogP contribution in [0.2, 0.25) is 0 Å². The molecule has 0 saturated heterocycles. The van der Waals surface area contributed by atoms with Gasteiger partial charge in [-0.3, -0.25) is 14.4 Å². The first kappa shape index (κ1) is 22.0. The normalized spacial score (nSPS) is 10.8. The fourth-order valence-corrected chi connectivity index (χ4v) is 3.80. The van der Waals surface area contributed by atoms with E-state index in [0.717, 1.165) is 22.4 Å². The summed E-state index contributed by atoms with van der Waals surface area (Å²) in [6.45, 7) is 5.31. The van der Waals surface area contributed by atoms with Crippen molar-refractivity contribution in [1.82, 2.24) is 5.32 Å². The Hall–Kier alpha value is -4.19. The van der Waals surface area contributed by atoms with Gasteiger partial charge in [-0.15, -0.1) is 0 Å². The van der Waals surface area contributed by atoms with E-state index in [9.17, 15) is 14.4 Å². The number of nitrogens with one attached hydrogen (secondary N) is 2. The average Bonchev–Trinajstić information content (AvgIpc) is 2.82. The number of hydrogen-bond donors (Lipinski definition) is 2. The van der Waals surface area contributed by atoms with E-state index in [-0.39, 0.29) is 29.0 Å². The number of rotatable bonds is 5. The molecule has 1 aromatic heterocycles. The second kappa shape index (κ2) is 9.12. The van der Waals surface area contributed by atoms with Crippen LogP contribution in [0.15, 0.2) is 75.9 Å². The van der Waals surface area contributed by atoms with Gasteiger partial charge in [0.2, 0.25) is 5.91 Å². The van der Waals surface area contributed by atoms with Crippen LogP contribution in [0, 0.1) is 20.8 Å². The van der Waals surface area contributed by atoms with Crippen molar-refractivity contribution in [2.24, 2.45) is 0 Å². The number of hydrogen-bond acceptors (Lipinski definition) is 4. The van der Waals surface area contributed by atoms with Crippen molar-refractivity contribution >= 4 is 28.5 Å². The van der Waals surface area contributed by atoms with Gasteiger partial charge in [0, 0.05) is 16.8 Å². The molecule has 4 rings (SSSR count). The number of benzene rings is 3. The van der Waals surface area contributed by atoms with Crippen molar-refractivity contribution in [3.63, 3.8) is 0 Å². The first-order valence-electron chi connectivity index (χ1n) is 10.6. The third-order valence-corrected chi connectivity index (χ3v) is 5.58. The van der Waals surface area contributed by atoms with Crippen LogP contribution in [-0.2, 0) is 4.79 Å². The molecule has 6 heteroatoms. The number of anilines is 1. The summed E-state index contributed by atoms with van der Waals surface area (Å²) in [7, 11) is 0. The molecule has 0 saturated carbocycles. The van der Waals surface area contributed by atoms with Gasteiger partial charge in [0.15, 0.2) is 11.0 Å². The van der Waals surface area contributed by atoms with Crippen LogP contribution in [-0.4, -0.2) is 18.4 Å². The minimum Gasteiger partial charge on any atom is -0.455 e. The van der Waals surface area contributed by atoms with Crippen molar-refractivity contribution in [3.05, 3.63) is 99.2 Å². The molecule has 2 amide bonds. The first-order chi connectivity index (χ1) is 15.9. The standard InChI is InChI=1S/C27H24N2O4/c1-16-9-7-10-17(2)23(16)29-22(30)15-28-27(32)21-14-8-13-20-24(31)18(3)25(33-26(20)21)19-11-5-4-6-12-19/h4-14H,15H2,1-3H3,(H,28,32)(H,29,30). The highest BCUT2D eigenvalue weighted by atomic mass is 16.3. The maximum atomic E-state index is 13.0. The van der Waals surface area contributed by atoms with Gasteiger partial charge in [0.25, 0.3) is 5.91 Å². The van der Waals surface area contributed by atoms with Gasteiger partial charge in [-0.1, -0.05) is 54.6 Å². The Kier molecular flexibility index (Phi) is 6.09. The molecule has 0 radical (unpaired) electrons. The summed E-state index contributed by atoms with van der Waals surface area (Å²) in [4.78, 5) is 38.4. The SMILES string of the molecule is Cc1cccc(C)c1NC(=O)CNC(=O)c1cccc2c(=O)c(C)c(-c3ccccc3)oc12. The monoisotopic (exact) mass is 440 g/mol. The van der Waals surface area contributed by atoms with Crippen LogP contribution in [0.5, 0.6) is 0 Å². The van der Waals surface area contributed by atoms with E-state index < -0.39 is 5.91 Å². The van der Waals surface area contributed by atoms with Crippen molar-refractivity contribution in [1.29, 1.82) is 0 Å². The lowest BCUT2D eigenvalue weighted by molar-refractivity contribution is -0.115. The van der Waals surface area contributed by atoms with Gasteiger partial charge in [0.1, 0.15) is 5.76 Å². The van der Waals surface area contributed by atoms with Crippen LogP contribution in [0.3, 0.4) is 0 Å². The first-order valence-corrected chi connectivity index (χ1v) is 10.6. The molecule has 0 aliphatic carbocycles. The quantitative estimate of drug-likeness (QED) is 0.469. The average molecular weight is 440 g/mol. The van der Waals surface area contributed by atoms with E-state index in [0.29, 0.717) is 16.7 Å².